The van der Waals surface area contributed by atoms with Crippen molar-refractivity contribution in [3.63, 3.8) is 0 Å². The molecule has 4 aromatic rings. The molecule has 8 heteroatoms. The molecule has 1 N–H and O–H groups in total. The van der Waals surface area contributed by atoms with Gasteiger partial charge in [-0.1, -0.05) is 29.8 Å². The molecule has 202 valence electrons. The van der Waals surface area contributed by atoms with Crippen molar-refractivity contribution in [3.8, 4) is 28.7 Å². The number of hydrogen-bond donors (Lipinski definition) is 1. The maximum atomic E-state index is 13.4. The first-order chi connectivity index (χ1) is 19.0. The van der Waals surface area contributed by atoms with E-state index in [-0.39, 0.29) is 6.03 Å². The zero-order valence-electron chi connectivity index (χ0n) is 22.1. The molecule has 0 saturated carbocycles. The molecule has 0 aliphatic carbocycles. The van der Waals surface area contributed by atoms with E-state index in [2.05, 4.69) is 5.32 Å². The van der Waals surface area contributed by atoms with Crippen LogP contribution in [0.5, 0.6) is 28.7 Å². The van der Waals surface area contributed by atoms with Gasteiger partial charge < -0.3 is 29.2 Å². The number of urea groups is 1. The molecular weight excluding hydrogens is 516 g/mol. The highest BCUT2D eigenvalue weighted by Crippen LogP contribution is 2.28. The summed E-state index contributed by atoms with van der Waals surface area (Å²) in [7, 11) is 4.82. The number of ether oxygens (including phenoxy) is 4. The van der Waals surface area contributed by atoms with Crippen LogP contribution < -0.4 is 24.3 Å². The second kappa shape index (κ2) is 13.4. The van der Waals surface area contributed by atoms with Crippen LogP contribution in [0.15, 0.2) is 91.0 Å². The van der Waals surface area contributed by atoms with Gasteiger partial charge in [0.25, 0.3) is 0 Å². The molecule has 0 aromatic heterocycles. The molecule has 0 aliphatic rings. The summed E-state index contributed by atoms with van der Waals surface area (Å²) in [5, 5.41) is 3.64. The summed E-state index contributed by atoms with van der Waals surface area (Å²) in [6, 6.07) is 27.7. The van der Waals surface area contributed by atoms with Crippen molar-refractivity contribution in [2.24, 2.45) is 0 Å². The van der Waals surface area contributed by atoms with Crippen LogP contribution in [0.3, 0.4) is 0 Å². The van der Waals surface area contributed by atoms with Gasteiger partial charge in [-0.2, -0.15) is 0 Å². The van der Waals surface area contributed by atoms with E-state index >= 15 is 0 Å². The fraction of sp³-hybridized carbons (Fsp3) is 0.194. The maximum absolute atomic E-state index is 13.4. The number of benzene rings is 4. The van der Waals surface area contributed by atoms with Crippen LogP contribution >= 0.6 is 11.6 Å². The number of nitrogens with zero attached hydrogens (tertiary/aromatic N) is 1. The van der Waals surface area contributed by atoms with E-state index in [0.29, 0.717) is 53.2 Å². The molecule has 0 fully saturated rings. The fourth-order valence-corrected chi connectivity index (χ4v) is 4.12. The first kappa shape index (κ1) is 27.7. The van der Waals surface area contributed by atoms with E-state index < -0.39 is 0 Å². The van der Waals surface area contributed by atoms with Crippen molar-refractivity contribution < 1.29 is 23.7 Å². The van der Waals surface area contributed by atoms with Crippen LogP contribution in [0.4, 0.5) is 10.5 Å². The Morgan fingerprint density at radius 2 is 1.46 bits per heavy atom. The predicted molar refractivity (Wildman–Crippen MR) is 154 cm³/mol. The third-order valence-corrected chi connectivity index (χ3v) is 6.32. The zero-order valence-corrected chi connectivity index (χ0v) is 22.9. The number of amides is 2. The minimum atomic E-state index is -0.218. The zero-order chi connectivity index (χ0) is 27.6. The molecule has 0 heterocycles. The largest absolute Gasteiger partial charge is 0.497 e. The molecule has 0 spiro atoms. The maximum Gasteiger partial charge on any atom is 0.322 e. The van der Waals surface area contributed by atoms with Crippen molar-refractivity contribution in [3.05, 3.63) is 107 Å². The Balaban J connectivity index is 1.51. The second-order valence-electron chi connectivity index (χ2n) is 8.72. The number of methoxy groups -OCH3 is 3. The van der Waals surface area contributed by atoms with Crippen molar-refractivity contribution >= 4 is 23.3 Å². The normalized spacial score (nSPS) is 10.5. The van der Waals surface area contributed by atoms with Gasteiger partial charge in [0.15, 0.2) is 11.5 Å². The van der Waals surface area contributed by atoms with E-state index in [1.54, 1.807) is 50.5 Å². The number of carbonyl (C=O) groups excluding carboxylic acids is 1. The molecule has 2 amide bonds. The Kier molecular flexibility index (Phi) is 9.53. The highest BCUT2D eigenvalue weighted by atomic mass is 35.5. The van der Waals surface area contributed by atoms with Crippen molar-refractivity contribution in [2.45, 2.75) is 13.0 Å². The Morgan fingerprint density at radius 3 is 2.15 bits per heavy atom. The lowest BCUT2D eigenvalue weighted by Crippen LogP contribution is -2.36. The number of anilines is 1. The third kappa shape index (κ3) is 7.82. The summed E-state index contributed by atoms with van der Waals surface area (Å²) in [6.07, 6.45) is 0.622. The molecule has 0 unspecified atom stereocenters. The Hall–Kier alpha value is -4.36. The number of nitrogens with one attached hydrogen (secondary N) is 1. The highest BCUT2D eigenvalue weighted by molar-refractivity contribution is 6.30. The summed E-state index contributed by atoms with van der Waals surface area (Å²) >= 11 is 5.99. The first-order valence-corrected chi connectivity index (χ1v) is 12.8. The van der Waals surface area contributed by atoms with Crippen LogP contribution in [-0.2, 0) is 13.0 Å². The molecular formula is C31H31ClN2O5. The van der Waals surface area contributed by atoms with Gasteiger partial charge in [0.05, 0.1) is 21.3 Å². The van der Waals surface area contributed by atoms with Crippen LogP contribution in [-0.4, -0.2) is 38.8 Å². The smallest absolute Gasteiger partial charge is 0.322 e. The Bertz CT molecular complexity index is 1380. The van der Waals surface area contributed by atoms with Crippen molar-refractivity contribution in [1.82, 2.24) is 4.90 Å². The SMILES string of the molecule is COc1ccc(NC(=O)N(CCc2ccc(OC)c(OC)c2)Cc2cccc(Oc3ccc(Cl)cc3)c2)cc1. The van der Waals surface area contributed by atoms with E-state index in [9.17, 15) is 4.79 Å². The summed E-state index contributed by atoms with van der Waals surface area (Å²) in [5.41, 5.74) is 2.63. The topological polar surface area (TPSA) is 69.3 Å². The monoisotopic (exact) mass is 546 g/mol. The fourth-order valence-electron chi connectivity index (χ4n) is 4.00. The summed E-state index contributed by atoms with van der Waals surface area (Å²) in [4.78, 5) is 15.2. The average Bonchev–Trinajstić information content (AvgIpc) is 2.96. The molecule has 0 radical (unpaired) electrons. The van der Waals surface area contributed by atoms with Crippen LogP contribution in [0.2, 0.25) is 5.02 Å². The summed E-state index contributed by atoms with van der Waals surface area (Å²) in [5.74, 6) is 3.38. The van der Waals surface area contributed by atoms with Gasteiger partial charge in [-0.3, -0.25) is 0 Å². The molecule has 4 rings (SSSR count). The predicted octanol–water partition coefficient (Wildman–Crippen LogP) is 7.43. The second-order valence-corrected chi connectivity index (χ2v) is 9.16. The van der Waals surface area contributed by atoms with Gasteiger partial charge in [-0.15, -0.1) is 0 Å². The quantitative estimate of drug-likeness (QED) is 0.212. The van der Waals surface area contributed by atoms with Crippen molar-refractivity contribution in [1.29, 1.82) is 0 Å². The highest BCUT2D eigenvalue weighted by Gasteiger charge is 2.16. The van der Waals surface area contributed by atoms with Crippen molar-refractivity contribution in [2.75, 3.05) is 33.2 Å². The molecule has 0 bridgehead atoms. The summed E-state index contributed by atoms with van der Waals surface area (Å²) in [6.45, 7) is 0.854. The minimum Gasteiger partial charge on any atom is -0.497 e. The lowest BCUT2D eigenvalue weighted by Gasteiger charge is -2.24. The van der Waals surface area contributed by atoms with E-state index in [1.165, 1.54) is 0 Å². The Labute approximate surface area is 233 Å². The molecule has 0 saturated heterocycles. The van der Waals surface area contributed by atoms with Crippen LogP contribution in [0.25, 0.3) is 0 Å². The number of hydrogen-bond acceptors (Lipinski definition) is 5. The number of halogens is 1. The number of rotatable bonds is 11. The van der Waals surface area contributed by atoms with Gasteiger partial charge in [-0.25, -0.2) is 4.79 Å². The minimum absolute atomic E-state index is 0.218. The average molecular weight is 547 g/mol. The molecule has 7 nitrogen and oxygen atoms in total. The van der Waals surface area contributed by atoms with Crippen LogP contribution in [0, 0.1) is 0 Å². The lowest BCUT2D eigenvalue weighted by atomic mass is 10.1. The van der Waals surface area contributed by atoms with Gasteiger partial charge in [0.1, 0.15) is 17.2 Å². The van der Waals surface area contributed by atoms with Gasteiger partial charge in [0, 0.05) is 23.8 Å². The van der Waals surface area contributed by atoms with Gasteiger partial charge >= 0.3 is 6.03 Å². The van der Waals surface area contributed by atoms with E-state index in [4.69, 9.17) is 30.5 Å². The molecule has 0 aliphatic heterocycles. The molecule has 4 aromatic carbocycles. The molecule has 0 atom stereocenters. The van der Waals surface area contributed by atoms with Gasteiger partial charge in [-0.05, 0) is 90.3 Å². The van der Waals surface area contributed by atoms with E-state index in [1.807, 2.05) is 66.7 Å². The number of carbonyl (C=O) groups is 1. The summed E-state index contributed by atoms with van der Waals surface area (Å²) < 4.78 is 22.0. The lowest BCUT2D eigenvalue weighted by molar-refractivity contribution is 0.209. The Morgan fingerprint density at radius 1 is 0.744 bits per heavy atom. The first-order valence-electron chi connectivity index (χ1n) is 12.4. The molecule has 39 heavy (non-hydrogen) atoms. The van der Waals surface area contributed by atoms with E-state index in [0.717, 1.165) is 16.9 Å². The van der Waals surface area contributed by atoms with Gasteiger partial charge in [0.2, 0.25) is 0 Å². The third-order valence-electron chi connectivity index (χ3n) is 6.07. The van der Waals surface area contributed by atoms with Crippen LogP contribution in [0.1, 0.15) is 11.1 Å². The standard InChI is InChI=1S/C31H31ClN2O5/c1-36-26-14-10-25(11-15-26)33-31(35)34(18-17-22-7-16-29(37-2)30(20-22)38-3)21-23-5-4-6-28(19-23)39-27-12-8-24(32)9-13-27/h4-16,19-20H,17-18,21H2,1-3H3,(H,33,35).